The van der Waals surface area contributed by atoms with Crippen LogP contribution in [-0.2, 0) is 65.0 Å². The molecule has 0 rings (SSSR count). The van der Waals surface area contributed by atoms with Gasteiger partial charge < -0.3 is 47.5 Å². The summed E-state index contributed by atoms with van der Waals surface area (Å²) in [5.41, 5.74) is 0. The SMILES string of the molecule is CN(C)CC[S-].[O]=[Tc+3].[S-]CCOCC[S-]. The molecule has 0 radical (unpaired) electrons. The van der Waals surface area contributed by atoms with Crippen LogP contribution < -0.4 is 0 Å². The van der Waals surface area contributed by atoms with Crippen molar-refractivity contribution in [1.82, 2.24) is 4.90 Å². The van der Waals surface area contributed by atoms with Gasteiger partial charge in [0.1, 0.15) is 0 Å². The molecular formula is C8H18NO2S3Tc. The van der Waals surface area contributed by atoms with Crippen molar-refractivity contribution < 1.29 is 27.1 Å². The van der Waals surface area contributed by atoms with E-state index in [1.165, 1.54) is 0 Å². The van der Waals surface area contributed by atoms with Gasteiger partial charge in [-0.2, -0.15) is 17.3 Å². The predicted molar refractivity (Wildman–Crippen MR) is 66.8 cm³/mol. The summed E-state index contributed by atoms with van der Waals surface area (Å²) in [6.45, 7) is 2.37. The van der Waals surface area contributed by atoms with Gasteiger partial charge in [0, 0.05) is 13.2 Å². The molecule has 0 heterocycles. The van der Waals surface area contributed by atoms with Gasteiger partial charge in [0.05, 0.1) is 0 Å². The van der Waals surface area contributed by atoms with E-state index in [2.05, 4.69) is 42.8 Å². The predicted octanol–water partition coefficient (Wildman–Crippen LogP) is 0.0704. The summed E-state index contributed by atoms with van der Waals surface area (Å²) in [6, 6.07) is 0. The maximum absolute atomic E-state index is 8.22. The summed E-state index contributed by atoms with van der Waals surface area (Å²) in [5.74, 6) is 2.19. The van der Waals surface area contributed by atoms with E-state index in [1.807, 2.05) is 14.1 Å². The van der Waals surface area contributed by atoms with Gasteiger partial charge in [-0.15, -0.1) is 0 Å². The van der Waals surface area contributed by atoms with Crippen LogP contribution in [0.4, 0.5) is 0 Å². The van der Waals surface area contributed by atoms with Gasteiger partial charge in [-0.05, 0) is 20.6 Å². The van der Waals surface area contributed by atoms with E-state index in [9.17, 15) is 0 Å². The molecule has 0 N–H and O–H groups in total. The third kappa shape index (κ3) is 39.2. The third-order valence-corrected chi connectivity index (χ3v) is 1.51. The second kappa shape index (κ2) is 24.6. The van der Waals surface area contributed by atoms with E-state index >= 15 is 0 Å². The number of hydrogen-bond donors (Lipinski definition) is 0. The minimum atomic E-state index is 0.673. The molecule has 3 nitrogen and oxygen atoms in total. The maximum Gasteiger partial charge on any atom is 0.0247 e. The van der Waals surface area contributed by atoms with Crippen LogP contribution in [0.3, 0.4) is 0 Å². The Balaban J connectivity index is -0.000000166. The molecule has 0 spiro atoms. The summed E-state index contributed by atoms with van der Waals surface area (Å²) in [7, 11) is 4.04. The molecule has 7 heteroatoms. The molecule has 0 aliphatic carbocycles. The number of rotatable bonds is 6. The molecule has 0 aromatic heterocycles. The number of ether oxygens (including phenoxy) is 1. The molecule has 0 saturated carbocycles. The van der Waals surface area contributed by atoms with Crippen LogP contribution in [0.1, 0.15) is 0 Å². The molecule has 15 heavy (non-hydrogen) atoms. The Bertz CT molecular complexity index is 98.0. The quantitative estimate of drug-likeness (QED) is 0.496. The molecular weight excluding hydrogens is 336 g/mol. The van der Waals surface area contributed by atoms with Crippen molar-refractivity contribution in [3.63, 3.8) is 0 Å². The Morgan fingerprint density at radius 2 is 1.40 bits per heavy atom. The summed E-state index contributed by atoms with van der Waals surface area (Å²) in [4.78, 5) is 2.08. The molecule has 0 atom stereocenters. The summed E-state index contributed by atoms with van der Waals surface area (Å²) in [6.07, 6.45) is 0. The molecule has 0 amide bonds. The van der Waals surface area contributed by atoms with Crippen molar-refractivity contribution in [3.8, 4) is 0 Å². The molecule has 0 fully saturated rings. The van der Waals surface area contributed by atoms with Crippen LogP contribution in [0.2, 0.25) is 0 Å². The minimum Gasteiger partial charge on any atom is -0.790 e. The molecule has 0 aromatic rings. The number of nitrogens with zero attached hydrogens (tertiary/aromatic N) is 1. The van der Waals surface area contributed by atoms with Gasteiger partial charge in [-0.1, -0.05) is 0 Å². The summed E-state index contributed by atoms with van der Waals surface area (Å²) in [5, 5.41) is 0. The summed E-state index contributed by atoms with van der Waals surface area (Å²) < 4.78 is 13.1. The van der Waals surface area contributed by atoms with Crippen molar-refractivity contribution in [2.24, 2.45) is 0 Å². The van der Waals surface area contributed by atoms with E-state index < -0.39 is 0 Å². The van der Waals surface area contributed by atoms with Crippen molar-refractivity contribution in [2.75, 3.05) is 51.1 Å². The average molecular weight is 354 g/mol. The Morgan fingerprint density at radius 3 is 1.53 bits per heavy atom. The van der Waals surface area contributed by atoms with Gasteiger partial charge in [-0.25, -0.2) is 0 Å². The van der Waals surface area contributed by atoms with Crippen molar-refractivity contribution in [2.45, 2.75) is 0 Å². The van der Waals surface area contributed by atoms with Crippen molar-refractivity contribution >= 4 is 37.9 Å². The zero-order chi connectivity index (χ0) is 12.5. The fourth-order valence-corrected chi connectivity index (χ4v) is 1.00. The molecule has 0 unspecified atom stereocenters. The first kappa shape index (κ1) is 21.7. The Morgan fingerprint density at radius 1 is 1.00 bits per heavy atom. The zero-order valence-electron chi connectivity index (χ0n) is 9.11. The molecule has 0 saturated heterocycles. The standard InChI is InChI=1S/C4H11NS.C4H10OS2.O.Tc/c1-5(2)3-4-6;6-3-1-5-2-4-7;;/h6H,3-4H2,1-2H3;6-7H,1-4H2;;/q;;;+3/p-3. The third-order valence-electron chi connectivity index (χ3n) is 0.994. The van der Waals surface area contributed by atoms with Gasteiger partial charge >= 0.3 is 22.4 Å². The minimum absolute atomic E-state index is 0.673. The van der Waals surface area contributed by atoms with Crippen LogP contribution in [0.25, 0.3) is 0 Å². The zero-order valence-corrected chi connectivity index (χ0v) is 13.4. The monoisotopic (exact) mass is 353 g/mol. The number of hydrogen-bond acceptors (Lipinski definition) is 6. The average Bonchev–Trinajstić information content (AvgIpc) is 2.22. The van der Waals surface area contributed by atoms with E-state index in [-0.39, 0.29) is 0 Å². The van der Waals surface area contributed by atoms with Gasteiger partial charge in [0.25, 0.3) is 0 Å². The maximum atomic E-state index is 8.22. The van der Waals surface area contributed by atoms with Crippen LogP contribution >= 0.6 is 0 Å². The molecule has 0 aliphatic rings. The van der Waals surface area contributed by atoms with E-state index in [1.54, 1.807) is 0 Å². The van der Waals surface area contributed by atoms with Crippen molar-refractivity contribution in [3.05, 3.63) is 0 Å². The molecule has 0 aromatic carbocycles. The van der Waals surface area contributed by atoms with Crippen LogP contribution in [-0.4, -0.2) is 56.0 Å². The Hall–Kier alpha value is 1.42. The first-order valence-corrected chi connectivity index (χ1v) is 6.80. The summed E-state index contributed by atoms with van der Waals surface area (Å²) >= 11 is 14.8. The van der Waals surface area contributed by atoms with E-state index in [0.717, 1.165) is 31.2 Å². The van der Waals surface area contributed by atoms with Gasteiger partial charge in [0.15, 0.2) is 0 Å². The molecule has 92 valence electrons. The fourth-order valence-electron chi connectivity index (χ4n) is 0.402. The Kier molecular flexibility index (Phi) is 35.5. The smallest absolute Gasteiger partial charge is 0.0247 e. The molecule has 0 bridgehead atoms. The second-order valence-corrected chi connectivity index (χ2v) is 3.75. The van der Waals surface area contributed by atoms with Crippen LogP contribution in [0.5, 0.6) is 0 Å². The first-order valence-electron chi connectivity index (χ1n) is 4.31. The van der Waals surface area contributed by atoms with Crippen LogP contribution in [0, 0.1) is 0 Å². The first-order chi connectivity index (χ1) is 7.18. The topological polar surface area (TPSA) is 29.5 Å². The normalized spacial score (nSPS) is 8.60. The fraction of sp³-hybridized carbons (Fsp3) is 1.00. The van der Waals surface area contributed by atoms with Gasteiger partial charge in [0.2, 0.25) is 0 Å². The van der Waals surface area contributed by atoms with Gasteiger partial charge in [-0.3, -0.25) is 0 Å². The largest absolute Gasteiger partial charge is 0.790 e. The molecule has 0 aliphatic heterocycles. The second-order valence-electron chi connectivity index (χ2n) is 2.53. The van der Waals surface area contributed by atoms with E-state index in [4.69, 9.17) is 8.24 Å². The van der Waals surface area contributed by atoms with Crippen molar-refractivity contribution in [1.29, 1.82) is 0 Å². The van der Waals surface area contributed by atoms with E-state index in [0.29, 0.717) is 24.7 Å². The Labute approximate surface area is 120 Å². The van der Waals surface area contributed by atoms with Crippen LogP contribution in [0.15, 0.2) is 0 Å².